The molecule has 0 aliphatic carbocycles. The lowest BCUT2D eigenvalue weighted by Gasteiger charge is -2.17. The Bertz CT molecular complexity index is 532. The summed E-state index contributed by atoms with van der Waals surface area (Å²) in [5.74, 6) is 0.158. The molecule has 1 aromatic carbocycles. The number of pyridine rings is 1. The largest absolute Gasteiger partial charge is 0.294 e. The Balaban J connectivity index is 2.66. The number of nitrogens with zero attached hydrogens (tertiary/aromatic N) is 1. The van der Waals surface area contributed by atoms with Crippen LogP contribution >= 0.6 is 0 Å². The molecule has 2 heteroatoms. The predicted molar refractivity (Wildman–Crippen MR) is 65.5 cm³/mol. The standard InChI is InChI=1S/C14H15NO/c1-14(2,3)13(16)11-6-4-5-10-7-8-15-9-12(10)11/h4-9H,1-3H3. The van der Waals surface area contributed by atoms with Crippen LogP contribution in [0.1, 0.15) is 31.1 Å². The number of hydrogen-bond donors (Lipinski definition) is 0. The number of Topliss-reactive ketones (excluding diaryl/α,β-unsaturated/α-hetero) is 1. The van der Waals surface area contributed by atoms with Crippen LogP contribution in [0.4, 0.5) is 0 Å². The number of carbonyl (C=O) groups is 1. The van der Waals surface area contributed by atoms with E-state index in [-0.39, 0.29) is 11.2 Å². The minimum Gasteiger partial charge on any atom is -0.294 e. The van der Waals surface area contributed by atoms with Crippen molar-refractivity contribution in [3.63, 3.8) is 0 Å². The fraction of sp³-hybridized carbons (Fsp3) is 0.286. The first kappa shape index (κ1) is 10.8. The lowest BCUT2D eigenvalue weighted by Crippen LogP contribution is -2.20. The van der Waals surface area contributed by atoms with Crippen molar-refractivity contribution in [2.24, 2.45) is 5.41 Å². The van der Waals surface area contributed by atoms with E-state index in [1.54, 1.807) is 12.4 Å². The van der Waals surface area contributed by atoms with Gasteiger partial charge in [-0.05, 0) is 11.5 Å². The molecule has 82 valence electrons. The highest BCUT2D eigenvalue weighted by Gasteiger charge is 2.24. The van der Waals surface area contributed by atoms with Gasteiger partial charge in [0.15, 0.2) is 5.78 Å². The van der Waals surface area contributed by atoms with Gasteiger partial charge in [0.05, 0.1) is 0 Å². The molecule has 0 saturated carbocycles. The van der Waals surface area contributed by atoms with Crippen LogP contribution in [0.15, 0.2) is 36.7 Å². The topological polar surface area (TPSA) is 30.0 Å². The average molecular weight is 213 g/mol. The maximum absolute atomic E-state index is 12.3. The summed E-state index contributed by atoms with van der Waals surface area (Å²) in [5.41, 5.74) is 0.405. The zero-order valence-electron chi connectivity index (χ0n) is 9.82. The molecule has 2 nitrogen and oxygen atoms in total. The third-order valence-electron chi connectivity index (χ3n) is 2.61. The van der Waals surface area contributed by atoms with Crippen molar-refractivity contribution in [3.8, 4) is 0 Å². The van der Waals surface area contributed by atoms with E-state index in [0.29, 0.717) is 0 Å². The number of ketones is 1. The van der Waals surface area contributed by atoms with Crippen LogP contribution < -0.4 is 0 Å². The maximum Gasteiger partial charge on any atom is 0.168 e. The van der Waals surface area contributed by atoms with E-state index in [1.165, 1.54) is 0 Å². The number of rotatable bonds is 1. The van der Waals surface area contributed by atoms with Gasteiger partial charge in [0.2, 0.25) is 0 Å². The van der Waals surface area contributed by atoms with E-state index in [0.717, 1.165) is 16.3 Å². The maximum atomic E-state index is 12.3. The van der Waals surface area contributed by atoms with Gasteiger partial charge < -0.3 is 0 Å². The van der Waals surface area contributed by atoms with Crippen molar-refractivity contribution >= 4 is 16.6 Å². The van der Waals surface area contributed by atoms with Crippen LogP contribution in [0, 0.1) is 5.41 Å². The molecule has 0 aliphatic rings. The molecular formula is C14H15NO. The molecule has 0 spiro atoms. The van der Waals surface area contributed by atoms with Crippen molar-refractivity contribution in [3.05, 3.63) is 42.2 Å². The smallest absolute Gasteiger partial charge is 0.168 e. The van der Waals surface area contributed by atoms with Gasteiger partial charge in [0.25, 0.3) is 0 Å². The Hall–Kier alpha value is -1.70. The molecule has 0 radical (unpaired) electrons. The van der Waals surface area contributed by atoms with Gasteiger partial charge in [-0.2, -0.15) is 0 Å². The van der Waals surface area contributed by atoms with E-state index in [9.17, 15) is 4.79 Å². The van der Waals surface area contributed by atoms with Crippen molar-refractivity contribution in [2.45, 2.75) is 20.8 Å². The Morgan fingerprint density at radius 1 is 1.19 bits per heavy atom. The van der Waals surface area contributed by atoms with E-state index < -0.39 is 0 Å². The van der Waals surface area contributed by atoms with Crippen molar-refractivity contribution in [1.29, 1.82) is 0 Å². The van der Waals surface area contributed by atoms with Crippen LogP contribution in [0.5, 0.6) is 0 Å². The Labute approximate surface area is 95.3 Å². The molecule has 1 heterocycles. The average Bonchev–Trinajstić information content (AvgIpc) is 2.26. The SMILES string of the molecule is CC(C)(C)C(=O)c1cccc2ccncc12. The van der Waals surface area contributed by atoms with Gasteiger partial charge in [0, 0.05) is 28.8 Å². The molecule has 0 bridgehead atoms. The van der Waals surface area contributed by atoms with Gasteiger partial charge in [-0.3, -0.25) is 9.78 Å². The first-order chi connectivity index (χ1) is 7.50. The zero-order chi connectivity index (χ0) is 11.8. The summed E-state index contributed by atoms with van der Waals surface area (Å²) in [6, 6.07) is 7.71. The van der Waals surface area contributed by atoms with E-state index in [2.05, 4.69) is 4.98 Å². The highest BCUT2D eigenvalue weighted by molar-refractivity contribution is 6.10. The van der Waals surface area contributed by atoms with Crippen LogP contribution in [0.3, 0.4) is 0 Å². The molecule has 2 rings (SSSR count). The molecule has 0 N–H and O–H groups in total. The van der Waals surface area contributed by atoms with Gasteiger partial charge in [-0.25, -0.2) is 0 Å². The molecule has 0 fully saturated rings. The van der Waals surface area contributed by atoms with E-state index >= 15 is 0 Å². The fourth-order valence-corrected chi connectivity index (χ4v) is 1.72. The Morgan fingerprint density at radius 2 is 1.94 bits per heavy atom. The van der Waals surface area contributed by atoms with Crippen LogP contribution in [0.2, 0.25) is 0 Å². The molecule has 0 saturated heterocycles. The lowest BCUT2D eigenvalue weighted by atomic mass is 9.85. The number of benzene rings is 1. The number of hydrogen-bond acceptors (Lipinski definition) is 2. The van der Waals surface area contributed by atoms with Gasteiger partial charge >= 0.3 is 0 Å². The van der Waals surface area contributed by atoms with E-state index in [4.69, 9.17) is 0 Å². The zero-order valence-corrected chi connectivity index (χ0v) is 9.82. The van der Waals surface area contributed by atoms with E-state index in [1.807, 2.05) is 45.0 Å². The third-order valence-corrected chi connectivity index (χ3v) is 2.61. The molecular weight excluding hydrogens is 198 g/mol. The summed E-state index contributed by atoms with van der Waals surface area (Å²) in [7, 11) is 0. The molecule has 0 aliphatic heterocycles. The number of fused-ring (bicyclic) bond motifs is 1. The van der Waals surface area contributed by atoms with Crippen LogP contribution in [-0.4, -0.2) is 10.8 Å². The molecule has 0 amide bonds. The molecule has 0 atom stereocenters. The lowest BCUT2D eigenvalue weighted by molar-refractivity contribution is 0.0860. The molecule has 2 aromatic rings. The van der Waals surface area contributed by atoms with Crippen molar-refractivity contribution < 1.29 is 4.79 Å². The summed E-state index contributed by atoms with van der Waals surface area (Å²) in [5, 5.41) is 2.00. The Morgan fingerprint density at radius 3 is 2.62 bits per heavy atom. The quantitative estimate of drug-likeness (QED) is 0.679. The number of aromatic nitrogens is 1. The summed E-state index contributed by atoms with van der Waals surface area (Å²) >= 11 is 0. The first-order valence-corrected chi connectivity index (χ1v) is 5.38. The second-order valence-corrected chi connectivity index (χ2v) is 4.98. The summed E-state index contributed by atoms with van der Waals surface area (Å²) in [6.45, 7) is 5.81. The monoisotopic (exact) mass is 213 g/mol. The summed E-state index contributed by atoms with van der Waals surface area (Å²) < 4.78 is 0. The minimum absolute atomic E-state index is 0.158. The van der Waals surface area contributed by atoms with Gasteiger partial charge in [0.1, 0.15) is 0 Å². The van der Waals surface area contributed by atoms with Crippen molar-refractivity contribution in [1.82, 2.24) is 4.98 Å². The van der Waals surface area contributed by atoms with Crippen LogP contribution in [0.25, 0.3) is 10.8 Å². The first-order valence-electron chi connectivity index (χ1n) is 5.38. The minimum atomic E-state index is -0.357. The molecule has 0 unspecified atom stereocenters. The van der Waals surface area contributed by atoms with Crippen molar-refractivity contribution in [2.75, 3.05) is 0 Å². The Kier molecular flexibility index (Phi) is 2.50. The second-order valence-electron chi connectivity index (χ2n) is 4.98. The molecule has 1 aromatic heterocycles. The highest BCUT2D eigenvalue weighted by Crippen LogP contribution is 2.25. The van der Waals surface area contributed by atoms with Gasteiger partial charge in [-0.15, -0.1) is 0 Å². The summed E-state index contributed by atoms with van der Waals surface area (Å²) in [4.78, 5) is 16.3. The van der Waals surface area contributed by atoms with Crippen LogP contribution in [-0.2, 0) is 0 Å². The highest BCUT2D eigenvalue weighted by atomic mass is 16.1. The predicted octanol–water partition coefficient (Wildman–Crippen LogP) is 3.46. The number of carbonyl (C=O) groups excluding carboxylic acids is 1. The third kappa shape index (κ3) is 1.83. The van der Waals surface area contributed by atoms with Gasteiger partial charge in [-0.1, -0.05) is 39.0 Å². The fourth-order valence-electron chi connectivity index (χ4n) is 1.72. The summed E-state index contributed by atoms with van der Waals surface area (Å²) in [6.07, 6.45) is 3.50. The normalized spacial score (nSPS) is 11.7. The second kappa shape index (κ2) is 3.71. The molecule has 16 heavy (non-hydrogen) atoms.